The Morgan fingerprint density at radius 2 is 1.75 bits per heavy atom. The molecule has 1 heterocycles. The van der Waals surface area contributed by atoms with Gasteiger partial charge in [0.2, 0.25) is 0 Å². The van der Waals surface area contributed by atoms with Crippen molar-refractivity contribution < 1.29 is 20.1 Å². The number of ether oxygens (including phenoxy) is 1. The molecule has 0 aliphatic carbocycles. The Balaban J connectivity index is 2.72. The Morgan fingerprint density at radius 1 is 1.17 bits per heavy atom. The van der Waals surface area contributed by atoms with E-state index < -0.39 is 30.5 Å². The lowest BCUT2D eigenvalue weighted by Gasteiger charge is -2.36. The average Bonchev–Trinajstić information content (AvgIpc) is 2.08. The first-order valence-electron chi connectivity index (χ1n) is 3.67. The van der Waals surface area contributed by atoms with Crippen molar-refractivity contribution in [2.75, 3.05) is 0 Å². The van der Waals surface area contributed by atoms with E-state index in [1.807, 2.05) is 0 Å². The molecule has 0 aromatic rings. The molecule has 1 rings (SSSR count). The quantitative estimate of drug-likeness (QED) is 0.409. The summed E-state index contributed by atoms with van der Waals surface area (Å²) in [5.41, 5.74) is 0. The molecule has 0 saturated carbocycles. The van der Waals surface area contributed by atoms with E-state index >= 15 is 0 Å². The highest BCUT2D eigenvalue weighted by Gasteiger charge is 2.41. The summed E-state index contributed by atoms with van der Waals surface area (Å²) in [6, 6.07) is 1.69. The third-order valence-corrected chi connectivity index (χ3v) is 1.98. The van der Waals surface area contributed by atoms with Crippen LogP contribution in [0.15, 0.2) is 0 Å². The number of aliphatic hydroxyl groups excluding tert-OH is 3. The van der Waals surface area contributed by atoms with Crippen LogP contribution in [0.2, 0.25) is 0 Å². The van der Waals surface area contributed by atoms with Gasteiger partial charge in [-0.1, -0.05) is 0 Å². The maximum Gasteiger partial charge on any atom is 0.172 e. The molecule has 12 heavy (non-hydrogen) atoms. The lowest BCUT2D eigenvalue weighted by molar-refractivity contribution is -0.201. The minimum atomic E-state index is -1.33. The van der Waals surface area contributed by atoms with Crippen LogP contribution in [0.4, 0.5) is 0 Å². The van der Waals surface area contributed by atoms with E-state index in [0.29, 0.717) is 0 Å². The average molecular weight is 173 g/mol. The first-order valence-corrected chi connectivity index (χ1v) is 3.67. The van der Waals surface area contributed by atoms with Crippen molar-refractivity contribution >= 4 is 0 Å². The van der Waals surface area contributed by atoms with Crippen LogP contribution in [0.5, 0.6) is 0 Å². The zero-order valence-electron chi connectivity index (χ0n) is 6.58. The second-order valence-electron chi connectivity index (χ2n) is 2.86. The fraction of sp³-hybridized carbons (Fsp3) is 0.857. The van der Waals surface area contributed by atoms with Gasteiger partial charge >= 0.3 is 0 Å². The Labute approximate surface area is 69.8 Å². The second-order valence-corrected chi connectivity index (χ2v) is 2.86. The third-order valence-electron chi connectivity index (χ3n) is 1.98. The lowest BCUT2D eigenvalue weighted by Crippen LogP contribution is -2.56. The number of rotatable bonds is 0. The summed E-state index contributed by atoms with van der Waals surface area (Å²) in [6.07, 6.45) is -5.46. The summed E-state index contributed by atoms with van der Waals surface area (Å²) in [5, 5.41) is 36.0. The van der Waals surface area contributed by atoms with Crippen LogP contribution in [0.3, 0.4) is 0 Å². The standard InChI is InChI=1S/C7H11NO4/c1-3-5(9)7(11)6(10)4(2-8)12-3/h3-7,9-11H,1H3/t3-,4?,5-,6-,7+/m0/s1. The highest BCUT2D eigenvalue weighted by atomic mass is 16.5. The summed E-state index contributed by atoms with van der Waals surface area (Å²) in [7, 11) is 0. The van der Waals surface area contributed by atoms with Crippen LogP contribution in [-0.4, -0.2) is 45.8 Å². The van der Waals surface area contributed by atoms with Crippen LogP contribution in [-0.2, 0) is 4.74 Å². The van der Waals surface area contributed by atoms with Gasteiger partial charge in [0.25, 0.3) is 0 Å². The summed E-state index contributed by atoms with van der Waals surface area (Å²) in [6.45, 7) is 1.53. The zero-order valence-corrected chi connectivity index (χ0v) is 6.58. The van der Waals surface area contributed by atoms with Crippen LogP contribution in [0.25, 0.3) is 0 Å². The third kappa shape index (κ3) is 1.42. The topological polar surface area (TPSA) is 93.7 Å². The molecule has 0 spiro atoms. The fourth-order valence-corrected chi connectivity index (χ4v) is 1.16. The lowest BCUT2D eigenvalue weighted by atomic mass is 9.96. The molecule has 1 saturated heterocycles. The van der Waals surface area contributed by atoms with Gasteiger partial charge in [-0.3, -0.25) is 0 Å². The fourth-order valence-electron chi connectivity index (χ4n) is 1.16. The van der Waals surface area contributed by atoms with Gasteiger partial charge in [0.05, 0.1) is 12.2 Å². The minimum Gasteiger partial charge on any atom is -0.388 e. The molecule has 5 heteroatoms. The molecule has 1 fully saturated rings. The molecule has 0 bridgehead atoms. The normalized spacial score (nSPS) is 48.4. The maximum atomic E-state index is 9.19. The predicted octanol–water partition coefficient (Wildman–Crippen LogP) is -1.62. The molecule has 68 valence electrons. The van der Waals surface area contributed by atoms with Gasteiger partial charge in [-0.15, -0.1) is 0 Å². The Bertz CT molecular complexity index is 202. The van der Waals surface area contributed by atoms with Crippen molar-refractivity contribution in [3.05, 3.63) is 0 Å². The Hall–Kier alpha value is -0.670. The number of aliphatic hydroxyl groups is 3. The van der Waals surface area contributed by atoms with Crippen LogP contribution in [0, 0.1) is 11.3 Å². The Kier molecular flexibility index (Phi) is 2.65. The van der Waals surface area contributed by atoms with E-state index in [1.165, 1.54) is 6.92 Å². The monoisotopic (exact) mass is 173 g/mol. The van der Waals surface area contributed by atoms with Gasteiger partial charge in [0, 0.05) is 0 Å². The largest absolute Gasteiger partial charge is 0.388 e. The number of hydrogen-bond donors (Lipinski definition) is 3. The van der Waals surface area contributed by atoms with E-state index in [9.17, 15) is 10.2 Å². The summed E-state index contributed by atoms with van der Waals surface area (Å²) in [4.78, 5) is 0. The first kappa shape index (κ1) is 9.42. The van der Waals surface area contributed by atoms with E-state index in [1.54, 1.807) is 6.07 Å². The molecule has 0 amide bonds. The van der Waals surface area contributed by atoms with Crippen molar-refractivity contribution in [2.24, 2.45) is 0 Å². The summed E-state index contributed by atoms with van der Waals surface area (Å²) >= 11 is 0. The van der Waals surface area contributed by atoms with Crippen molar-refractivity contribution in [2.45, 2.75) is 37.4 Å². The van der Waals surface area contributed by atoms with E-state index in [0.717, 1.165) is 0 Å². The van der Waals surface area contributed by atoms with E-state index in [4.69, 9.17) is 15.1 Å². The molecule has 1 aliphatic rings. The number of nitrogens with zero attached hydrogens (tertiary/aromatic N) is 1. The summed E-state index contributed by atoms with van der Waals surface area (Å²) < 4.78 is 4.91. The van der Waals surface area contributed by atoms with E-state index in [-0.39, 0.29) is 0 Å². The molecule has 0 aromatic carbocycles. The molecular weight excluding hydrogens is 162 g/mol. The molecule has 3 N–H and O–H groups in total. The maximum absolute atomic E-state index is 9.19. The molecule has 1 aliphatic heterocycles. The SMILES string of the molecule is C[C@@H]1OC(C#N)[C@H](O)[C@H](O)[C@H]1O. The van der Waals surface area contributed by atoms with Crippen molar-refractivity contribution in [3.63, 3.8) is 0 Å². The van der Waals surface area contributed by atoms with E-state index in [2.05, 4.69) is 0 Å². The molecule has 1 unspecified atom stereocenters. The van der Waals surface area contributed by atoms with Crippen molar-refractivity contribution in [1.82, 2.24) is 0 Å². The number of nitriles is 1. The van der Waals surface area contributed by atoms with Gasteiger partial charge in [-0.2, -0.15) is 5.26 Å². The molecular formula is C7H11NO4. The molecule has 5 atom stereocenters. The summed E-state index contributed by atoms with van der Waals surface area (Å²) in [5.74, 6) is 0. The molecule has 0 aromatic heterocycles. The number of hydrogen-bond acceptors (Lipinski definition) is 5. The van der Waals surface area contributed by atoms with Crippen LogP contribution >= 0.6 is 0 Å². The highest BCUT2D eigenvalue weighted by molar-refractivity contribution is 5.00. The van der Waals surface area contributed by atoms with Gasteiger partial charge in [0.1, 0.15) is 18.3 Å². The zero-order chi connectivity index (χ0) is 9.30. The molecule has 5 nitrogen and oxygen atoms in total. The Morgan fingerprint density at radius 3 is 2.25 bits per heavy atom. The minimum absolute atomic E-state index is 0.631. The van der Waals surface area contributed by atoms with Crippen molar-refractivity contribution in [1.29, 1.82) is 5.26 Å². The van der Waals surface area contributed by atoms with Gasteiger partial charge in [0.15, 0.2) is 6.10 Å². The second kappa shape index (κ2) is 3.37. The van der Waals surface area contributed by atoms with Gasteiger partial charge in [-0.05, 0) is 6.92 Å². The van der Waals surface area contributed by atoms with Gasteiger partial charge < -0.3 is 20.1 Å². The smallest absolute Gasteiger partial charge is 0.172 e. The molecule has 0 radical (unpaired) electrons. The predicted molar refractivity (Wildman–Crippen MR) is 38.0 cm³/mol. The first-order chi connectivity index (χ1) is 5.57. The van der Waals surface area contributed by atoms with Crippen LogP contribution in [0.1, 0.15) is 6.92 Å². The van der Waals surface area contributed by atoms with Crippen molar-refractivity contribution in [3.8, 4) is 6.07 Å². The van der Waals surface area contributed by atoms with Crippen LogP contribution < -0.4 is 0 Å². The van der Waals surface area contributed by atoms with Gasteiger partial charge in [-0.25, -0.2) is 0 Å². The highest BCUT2D eigenvalue weighted by Crippen LogP contribution is 2.19.